The van der Waals surface area contributed by atoms with Crippen LogP contribution in [0.2, 0.25) is 5.02 Å². The zero-order valence-corrected chi connectivity index (χ0v) is 11.4. The summed E-state index contributed by atoms with van der Waals surface area (Å²) in [5.74, 6) is -0.312. The molecule has 0 aliphatic heterocycles. The number of carbonyl (C=O) groups is 1. The minimum atomic E-state index is -0.319. The SMILES string of the molecule is O=C(NCC1(CO)CCCC1)c1cc(O)ccc1Cl. The van der Waals surface area contributed by atoms with Gasteiger partial charge in [0, 0.05) is 12.0 Å². The first-order valence-corrected chi connectivity index (χ1v) is 6.82. The van der Waals surface area contributed by atoms with E-state index in [1.165, 1.54) is 18.2 Å². The van der Waals surface area contributed by atoms with E-state index < -0.39 is 0 Å². The monoisotopic (exact) mass is 283 g/mol. The number of hydrogen-bond acceptors (Lipinski definition) is 3. The Kier molecular flexibility index (Phi) is 4.32. The Morgan fingerprint density at radius 3 is 2.68 bits per heavy atom. The highest BCUT2D eigenvalue weighted by Gasteiger charge is 2.33. The number of nitrogens with one attached hydrogen (secondary N) is 1. The lowest BCUT2D eigenvalue weighted by Gasteiger charge is -2.26. The molecule has 3 N–H and O–H groups in total. The largest absolute Gasteiger partial charge is 0.508 e. The van der Waals surface area contributed by atoms with Gasteiger partial charge in [-0.05, 0) is 31.0 Å². The summed E-state index contributed by atoms with van der Waals surface area (Å²) in [6, 6.07) is 4.27. The average Bonchev–Trinajstić information content (AvgIpc) is 2.88. The minimum Gasteiger partial charge on any atom is -0.508 e. The summed E-state index contributed by atoms with van der Waals surface area (Å²) in [6.07, 6.45) is 4.03. The average molecular weight is 284 g/mol. The van der Waals surface area contributed by atoms with Crippen molar-refractivity contribution in [3.05, 3.63) is 28.8 Å². The molecule has 0 radical (unpaired) electrons. The fourth-order valence-electron chi connectivity index (χ4n) is 2.57. The van der Waals surface area contributed by atoms with Gasteiger partial charge in [0.1, 0.15) is 5.75 Å². The summed E-state index contributed by atoms with van der Waals surface area (Å²) in [5, 5.41) is 22.0. The molecule has 0 unspecified atom stereocenters. The predicted octanol–water partition coefficient (Wildman–Crippen LogP) is 2.33. The molecule has 1 aromatic rings. The number of rotatable bonds is 4. The number of aliphatic hydroxyl groups is 1. The zero-order valence-electron chi connectivity index (χ0n) is 10.7. The maximum absolute atomic E-state index is 12.0. The molecule has 1 aliphatic carbocycles. The van der Waals surface area contributed by atoms with E-state index >= 15 is 0 Å². The number of aliphatic hydroxyl groups excluding tert-OH is 1. The van der Waals surface area contributed by atoms with E-state index in [9.17, 15) is 15.0 Å². The standard InChI is InChI=1S/C14H18ClNO3/c15-12-4-3-10(18)7-11(12)13(19)16-8-14(9-17)5-1-2-6-14/h3-4,7,17-18H,1-2,5-6,8-9H2,(H,16,19). The Hall–Kier alpha value is -1.26. The lowest BCUT2D eigenvalue weighted by atomic mass is 9.87. The normalized spacial score (nSPS) is 17.4. The second-order valence-corrected chi connectivity index (χ2v) is 5.62. The first-order chi connectivity index (χ1) is 9.06. The van der Waals surface area contributed by atoms with Crippen LogP contribution < -0.4 is 5.32 Å². The van der Waals surface area contributed by atoms with Crippen molar-refractivity contribution >= 4 is 17.5 Å². The molecule has 19 heavy (non-hydrogen) atoms. The molecule has 1 aromatic carbocycles. The summed E-state index contributed by atoms with van der Waals surface area (Å²) >= 11 is 5.93. The number of amides is 1. The maximum atomic E-state index is 12.0. The molecule has 0 aromatic heterocycles. The molecule has 2 rings (SSSR count). The second kappa shape index (κ2) is 5.80. The van der Waals surface area contributed by atoms with E-state index in [2.05, 4.69) is 5.32 Å². The Balaban J connectivity index is 2.03. The fraction of sp³-hybridized carbons (Fsp3) is 0.500. The smallest absolute Gasteiger partial charge is 0.252 e. The molecule has 0 atom stereocenters. The number of carbonyl (C=O) groups excluding carboxylic acids is 1. The summed E-state index contributed by atoms with van der Waals surface area (Å²) < 4.78 is 0. The molecule has 1 saturated carbocycles. The van der Waals surface area contributed by atoms with E-state index in [-0.39, 0.29) is 29.2 Å². The quantitative estimate of drug-likeness (QED) is 0.794. The van der Waals surface area contributed by atoms with Crippen molar-refractivity contribution in [2.75, 3.05) is 13.2 Å². The molecule has 5 heteroatoms. The van der Waals surface area contributed by atoms with Crippen LogP contribution in [0.3, 0.4) is 0 Å². The zero-order chi connectivity index (χ0) is 13.9. The van der Waals surface area contributed by atoms with Crippen LogP contribution in [0.15, 0.2) is 18.2 Å². The first-order valence-electron chi connectivity index (χ1n) is 6.44. The van der Waals surface area contributed by atoms with Gasteiger partial charge in [-0.15, -0.1) is 0 Å². The maximum Gasteiger partial charge on any atom is 0.252 e. The number of phenols is 1. The van der Waals surface area contributed by atoms with Crippen LogP contribution in [0.4, 0.5) is 0 Å². The van der Waals surface area contributed by atoms with Crippen LogP contribution in [0, 0.1) is 5.41 Å². The summed E-state index contributed by atoms with van der Waals surface area (Å²) in [7, 11) is 0. The molecule has 0 saturated heterocycles. The molecule has 0 spiro atoms. The Morgan fingerprint density at radius 2 is 2.05 bits per heavy atom. The first kappa shape index (κ1) is 14.2. The predicted molar refractivity (Wildman–Crippen MR) is 73.4 cm³/mol. The van der Waals surface area contributed by atoms with E-state index in [4.69, 9.17) is 11.6 Å². The van der Waals surface area contributed by atoms with E-state index in [0.717, 1.165) is 25.7 Å². The number of hydrogen-bond donors (Lipinski definition) is 3. The van der Waals surface area contributed by atoms with Crippen molar-refractivity contribution in [2.24, 2.45) is 5.41 Å². The van der Waals surface area contributed by atoms with Gasteiger partial charge in [0.05, 0.1) is 17.2 Å². The van der Waals surface area contributed by atoms with Crippen molar-refractivity contribution in [1.29, 1.82) is 0 Å². The number of phenolic OH excluding ortho intramolecular Hbond substituents is 1. The molecular formula is C14H18ClNO3. The molecule has 4 nitrogen and oxygen atoms in total. The van der Waals surface area contributed by atoms with Crippen LogP contribution in [0.25, 0.3) is 0 Å². The third kappa shape index (κ3) is 3.19. The highest BCUT2D eigenvalue weighted by Crippen LogP contribution is 2.37. The molecular weight excluding hydrogens is 266 g/mol. The minimum absolute atomic E-state index is 0.00675. The molecule has 0 bridgehead atoms. The van der Waals surface area contributed by atoms with Gasteiger partial charge in [0.25, 0.3) is 5.91 Å². The van der Waals surface area contributed by atoms with Crippen molar-refractivity contribution < 1.29 is 15.0 Å². The van der Waals surface area contributed by atoms with Gasteiger partial charge in [-0.1, -0.05) is 24.4 Å². The molecule has 0 heterocycles. The highest BCUT2D eigenvalue weighted by molar-refractivity contribution is 6.33. The summed E-state index contributed by atoms with van der Waals surface area (Å²) in [6.45, 7) is 0.523. The van der Waals surface area contributed by atoms with Gasteiger partial charge in [0.15, 0.2) is 0 Å². The molecule has 1 amide bonds. The molecule has 1 fully saturated rings. The van der Waals surface area contributed by atoms with E-state index in [0.29, 0.717) is 11.6 Å². The van der Waals surface area contributed by atoms with Crippen LogP contribution in [-0.2, 0) is 0 Å². The highest BCUT2D eigenvalue weighted by atomic mass is 35.5. The Labute approximate surface area is 117 Å². The van der Waals surface area contributed by atoms with Crippen molar-refractivity contribution in [3.8, 4) is 5.75 Å². The van der Waals surface area contributed by atoms with Gasteiger partial charge in [-0.25, -0.2) is 0 Å². The van der Waals surface area contributed by atoms with Crippen molar-refractivity contribution in [3.63, 3.8) is 0 Å². The third-order valence-electron chi connectivity index (χ3n) is 3.82. The summed E-state index contributed by atoms with van der Waals surface area (Å²) in [4.78, 5) is 12.0. The van der Waals surface area contributed by atoms with Crippen molar-refractivity contribution in [2.45, 2.75) is 25.7 Å². The van der Waals surface area contributed by atoms with Crippen LogP contribution in [0.5, 0.6) is 5.75 Å². The lowest BCUT2D eigenvalue weighted by Crippen LogP contribution is -2.38. The summed E-state index contributed by atoms with van der Waals surface area (Å²) in [5.41, 5.74) is 0.0617. The number of halogens is 1. The Morgan fingerprint density at radius 1 is 1.37 bits per heavy atom. The van der Waals surface area contributed by atoms with E-state index in [1.807, 2.05) is 0 Å². The third-order valence-corrected chi connectivity index (χ3v) is 4.15. The van der Waals surface area contributed by atoms with E-state index in [1.54, 1.807) is 0 Å². The van der Waals surface area contributed by atoms with Crippen LogP contribution in [-0.4, -0.2) is 29.3 Å². The van der Waals surface area contributed by atoms with Crippen LogP contribution >= 0.6 is 11.6 Å². The fourth-order valence-corrected chi connectivity index (χ4v) is 2.77. The topological polar surface area (TPSA) is 69.6 Å². The number of aromatic hydroxyl groups is 1. The second-order valence-electron chi connectivity index (χ2n) is 5.21. The van der Waals surface area contributed by atoms with Gasteiger partial charge in [-0.3, -0.25) is 4.79 Å². The van der Waals surface area contributed by atoms with Crippen molar-refractivity contribution in [1.82, 2.24) is 5.32 Å². The van der Waals surface area contributed by atoms with Gasteiger partial charge in [-0.2, -0.15) is 0 Å². The van der Waals surface area contributed by atoms with Gasteiger partial charge >= 0.3 is 0 Å². The molecule has 104 valence electrons. The number of benzene rings is 1. The Bertz CT molecular complexity index is 470. The lowest BCUT2D eigenvalue weighted by molar-refractivity contribution is 0.0880. The van der Waals surface area contributed by atoms with Gasteiger partial charge in [0.2, 0.25) is 0 Å². The van der Waals surface area contributed by atoms with Gasteiger partial charge < -0.3 is 15.5 Å². The molecule has 1 aliphatic rings. The van der Waals surface area contributed by atoms with Crippen LogP contribution in [0.1, 0.15) is 36.0 Å².